The molecule has 0 bridgehead atoms. The topological polar surface area (TPSA) is 98.8 Å². The third-order valence-corrected chi connectivity index (χ3v) is 5.05. The van der Waals surface area contributed by atoms with Gasteiger partial charge in [0.05, 0.1) is 0 Å². The van der Waals surface area contributed by atoms with Crippen LogP contribution in [-0.2, 0) is 14.3 Å². The smallest absolute Gasteiger partial charge is 0.410 e. The summed E-state index contributed by atoms with van der Waals surface area (Å²) in [6.45, 7) is 6.54. The number of piperidine rings is 1. The van der Waals surface area contributed by atoms with Gasteiger partial charge in [-0.25, -0.2) is 4.79 Å². The van der Waals surface area contributed by atoms with Crippen molar-refractivity contribution in [3.05, 3.63) is 34.9 Å². The Morgan fingerprint density at radius 1 is 1.21 bits per heavy atom. The first kappa shape index (κ1) is 23.0. The predicted octanol–water partition coefficient (Wildman–Crippen LogP) is 2.33. The molecule has 1 saturated heterocycles. The van der Waals surface area contributed by atoms with Gasteiger partial charge in [-0.2, -0.15) is 0 Å². The molecule has 0 radical (unpaired) electrons. The van der Waals surface area contributed by atoms with E-state index in [0.717, 1.165) is 5.56 Å². The number of aliphatic carboxylic acids is 1. The lowest BCUT2D eigenvalue weighted by Gasteiger charge is -2.33. The van der Waals surface area contributed by atoms with Crippen LogP contribution in [0.2, 0.25) is 5.02 Å². The third kappa shape index (κ3) is 7.57. The number of likely N-dealkylation sites (tertiary alicyclic amines) is 1. The maximum atomic E-state index is 12.5. The molecule has 1 aromatic rings. The summed E-state index contributed by atoms with van der Waals surface area (Å²) in [6, 6.07) is 6.88. The van der Waals surface area contributed by atoms with Crippen molar-refractivity contribution in [1.82, 2.24) is 10.2 Å². The number of carboxylic acids is 1. The largest absolute Gasteiger partial charge is 0.550 e. The number of ether oxygens (including phenoxy) is 1. The second kappa shape index (κ2) is 9.96. The van der Waals surface area contributed by atoms with Crippen LogP contribution in [0.25, 0.3) is 0 Å². The van der Waals surface area contributed by atoms with Gasteiger partial charge < -0.3 is 24.9 Å². The van der Waals surface area contributed by atoms with Crippen LogP contribution in [0.15, 0.2) is 24.3 Å². The minimum atomic E-state index is -1.18. The fraction of sp³-hybridized carbons (Fsp3) is 0.571. The zero-order valence-corrected chi connectivity index (χ0v) is 17.8. The van der Waals surface area contributed by atoms with Crippen molar-refractivity contribution in [3.63, 3.8) is 0 Å². The summed E-state index contributed by atoms with van der Waals surface area (Å²) in [7, 11) is 0. The number of amides is 2. The molecule has 2 rings (SSSR count). The molecule has 0 aromatic heterocycles. The summed E-state index contributed by atoms with van der Waals surface area (Å²) >= 11 is 5.89. The molecule has 0 spiro atoms. The molecule has 8 heteroatoms. The van der Waals surface area contributed by atoms with E-state index in [-0.39, 0.29) is 30.9 Å². The van der Waals surface area contributed by atoms with Crippen LogP contribution in [0, 0.1) is 5.92 Å². The SMILES string of the molecule is CC(C)(C)OC(=O)N1CCC(C(=O)NC[C@H](CC(=O)[O-])c2ccc(Cl)cc2)CC1. The molecule has 1 N–H and O–H groups in total. The quantitative estimate of drug-likeness (QED) is 0.757. The van der Waals surface area contributed by atoms with Crippen molar-refractivity contribution in [2.24, 2.45) is 5.92 Å². The van der Waals surface area contributed by atoms with E-state index in [0.29, 0.717) is 31.0 Å². The summed E-state index contributed by atoms with van der Waals surface area (Å²) < 4.78 is 5.36. The van der Waals surface area contributed by atoms with Gasteiger partial charge in [0, 0.05) is 42.5 Å². The number of rotatable bonds is 6. The lowest BCUT2D eigenvalue weighted by Crippen LogP contribution is -2.45. The van der Waals surface area contributed by atoms with Crippen molar-refractivity contribution in [1.29, 1.82) is 0 Å². The number of halogens is 1. The van der Waals surface area contributed by atoms with Crippen LogP contribution in [0.1, 0.15) is 51.5 Å². The lowest BCUT2D eigenvalue weighted by atomic mass is 9.93. The highest BCUT2D eigenvalue weighted by molar-refractivity contribution is 6.30. The van der Waals surface area contributed by atoms with Gasteiger partial charge in [0.2, 0.25) is 5.91 Å². The molecule has 160 valence electrons. The first-order valence-corrected chi connectivity index (χ1v) is 10.1. The molecular formula is C21H28ClN2O5-. The lowest BCUT2D eigenvalue weighted by molar-refractivity contribution is -0.306. The molecule has 7 nitrogen and oxygen atoms in total. The summed E-state index contributed by atoms with van der Waals surface area (Å²) in [5, 5.41) is 14.5. The maximum Gasteiger partial charge on any atom is 0.410 e. The molecule has 2 amide bonds. The summed E-state index contributed by atoms with van der Waals surface area (Å²) in [4.78, 5) is 37.4. The van der Waals surface area contributed by atoms with Gasteiger partial charge in [-0.15, -0.1) is 0 Å². The van der Waals surface area contributed by atoms with Crippen LogP contribution >= 0.6 is 11.6 Å². The van der Waals surface area contributed by atoms with Crippen molar-refractivity contribution in [3.8, 4) is 0 Å². The molecule has 1 aliphatic rings. The standard InChI is InChI=1S/C21H29ClN2O5/c1-21(2,3)29-20(28)24-10-8-15(9-11-24)19(27)23-13-16(12-18(25)26)14-4-6-17(22)7-5-14/h4-7,15-16H,8-13H2,1-3H3,(H,23,27)(H,25,26)/p-1/t16-/m0/s1. The molecule has 1 aliphatic heterocycles. The Bertz CT molecular complexity index is 722. The van der Waals surface area contributed by atoms with Crippen LogP contribution in [-0.4, -0.2) is 48.1 Å². The zero-order chi connectivity index (χ0) is 21.6. The number of benzene rings is 1. The van der Waals surface area contributed by atoms with E-state index in [9.17, 15) is 19.5 Å². The summed E-state index contributed by atoms with van der Waals surface area (Å²) in [5.41, 5.74) is 0.222. The van der Waals surface area contributed by atoms with Gasteiger partial charge in [0.25, 0.3) is 0 Å². The van der Waals surface area contributed by atoms with Gasteiger partial charge in [-0.3, -0.25) is 4.79 Å². The second-order valence-electron chi connectivity index (χ2n) is 8.31. The second-order valence-corrected chi connectivity index (χ2v) is 8.75. The van der Waals surface area contributed by atoms with Crippen LogP contribution in [0.4, 0.5) is 4.79 Å². The molecule has 0 unspecified atom stereocenters. The zero-order valence-electron chi connectivity index (χ0n) is 17.1. The van der Waals surface area contributed by atoms with Gasteiger partial charge in [0.1, 0.15) is 5.60 Å². The fourth-order valence-corrected chi connectivity index (χ4v) is 3.39. The van der Waals surface area contributed by atoms with E-state index in [4.69, 9.17) is 16.3 Å². The van der Waals surface area contributed by atoms with Crippen molar-refractivity contribution in [2.75, 3.05) is 19.6 Å². The molecule has 1 heterocycles. The van der Waals surface area contributed by atoms with Crippen LogP contribution in [0.5, 0.6) is 0 Å². The molecule has 0 aliphatic carbocycles. The number of carboxylic acid groups (broad SMARTS) is 1. The van der Waals surface area contributed by atoms with Crippen molar-refractivity contribution >= 4 is 29.6 Å². The van der Waals surface area contributed by atoms with Crippen molar-refractivity contribution in [2.45, 2.75) is 51.6 Å². The van der Waals surface area contributed by atoms with E-state index < -0.39 is 17.5 Å². The third-order valence-electron chi connectivity index (χ3n) is 4.79. The fourth-order valence-electron chi connectivity index (χ4n) is 3.26. The Hall–Kier alpha value is -2.28. The maximum absolute atomic E-state index is 12.5. The normalized spacial score (nSPS) is 16.2. The monoisotopic (exact) mass is 423 g/mol. The van der Waals surface area contributed by atoms with Crippen LogP contribution < -0.4 is 10.4 Å². The van der Waals surface area contributed by atoms with Crippen molar-refractivity contribution < 1.29 is 24.2 Å². The Morgan fingerprint density at radius 2 is 1.79 bits per heavy atom. The molecular weight excluding hydrogens is 396 g/mol. The van der Waals surface area contributed by atoms with Crippen LogP contribution in [0.3, 0.4) is 0 Å². The predicted molar refractivity (Wildman–Crippen MR) is 107 cm³/mol. The molecule has 1 atom stereocenters. The number of nitrogens with one attached hydrogen (secondary N) is 1. The average molecular weight is 424 g/mol. The number of carbonyl (C=O) groups is 3. The number of hydrogen-bond acceptors (Lipinski definition) is 5. The minimum Gasteiger partial charge on any atom is -0.550 e. The Kier molecular flexibility index (Phi) is 7.90. The van der Waals surface area contributed by atoms with E-state index in [2.05, 4.69) is 5.32 Å². The Balaban J connectivity index is 1.87. The molecule has 1 fully saturated rings. The first-order valence-electron chi connectivity index (χ1n) is 9.76. The van der Waals surface area contributed by atoms with Gasteiger partial charge >= 0.3 is 6.09 Å². The van der Waals surface area contributed by atoms with E-state index in [1.807, 2.05) is 20.8 Å². The Morgan fingerprint density at radius 3 is 2.31 bits per heavy atom. The Labute approximate surface area is 176 Å². The van der Waals surface area contributed by atoms with Gasteiger partial charge in [-0.05, 0) is 57.7 Å². The number of nitrogens with zero attached hydrogens (tertiary/aromatic N) is 1. The van der Waals surface area contributed by atoms with E-state index >= 15 is 0 Å². The molecule has 0 saturated carbocycles. The highest BCUT2D eigenvalue weighted by Gasteiger charge is 2.30. The average Bonchev–Trinajstić information content (AvgIpc) is 2.64. The summed E-state index contributed by atoms with van der Waals surface area (Å²) in [5.74, 6) is -1.93. The first-order chi connectivity index (χ1) is 13.5. The number of hydrogen-bond donors (Lipinski definition) is 1. The number of carbonyl (C=O) groups excluding carboxylic acids is 3. The van der Waals surface area contributed by atoms with Gasteiger partial charge in [0.15, 0.2) is 0 Å². The summed E-state index contributed by atoms with van der Waals surface area (Å²) in [6.07, 6.45) is 0.515. The van der Waals surface area contributed by atoms with Gasteiger partial charge in [-0.1, -0.05) is 23.7 Å². The highest BCUT2D eigenvalue weighted by atomic mass is 35.5. The van der Waals surface area contributed by atoms with E-state index in [1.165, 1.54) is 0 Å². The van der Waals surface area contributed by atoms with E-state index in [1.54, 1.807) is 29.2 Å². The molecule has 1 aromatic carbocycles. The minimum absolute atomic E-state index is 0.133. The highest BCUT2D eigenvalue weighted by Crippen LogP contribution is 2.23. The molecule has 29 heavy (non-hydrogen) atoms.